The van der Waals surface area contributed by atoms with Crippen molar-refractivity contribution >= 4 is 22.4 Å². The highest BCUT2D eigenvalue weighted by atomic mass is 32.1. The van der Waals surface area contributed by atoms with Gasteiger partial charge in [0.25, 0.3) is 5.91 Å². The molecule has 0 bridgehead atoms. The molecule has 1 unspecified atom stereocenters. The van der Waals surface area contributed by atoms with Crippen molar-refractivity contribution in [3.63, 3.8) is 0 Å². The van der Waals surface area contributed by atoms with Crippen molar-refractivity contribution < 1.29 is 4.79 Å². The quantitative estimate of drug-likeness (QED) is 0.879. The molecule has 5 heteroatoms. The molecular formula is C12H19N3OS. The van der Waals surface area contributed by atoms with Crippen LogP contribution in [0.25, 0.3) is 0 Å². The van der Waals surface area contributed by atoms with Crippen molar-refractivity contribution in [2.24, 2.45) is 11.8 Å². The number of piperidine rings is 1. The van der Waals surface area contributed by atoms with Gasteiger partial charge in [0.2, 0.25) is 0 Å². The number of hydrogen-bond acceptors (Lipinski definition) is 4. The molecule has 0 radical (unpaired) electrons. The third kappa shape index (κ3) is 2.77. The summed E-state index contributed by atoms with van der Waals surface area (Å²) >= 11 is 1.27. The first kappa shape index (κ1) is 12.4. The molecule has 2 N–H and O–H groups in total. The van der Waals surface area contributed by atoms with Crippen LogP contribution in [-0.2, 0) is 0 Å². The zero-order valence-corrected chi connectivity index (χ0v) is 11.2. The van der Waals surface area contributed by atoms with Crippen LogP contribution in [0.15, 0.2) is 6.20 Å². The summed E-state index contributed by atoms with van der Waals surface area (Å²) in [5.41, 5.74) is 5.56. The summed E-state index contributed by atoms with van der Waals surface area (Å²) in [4.78, 5) is 18.8. The summed E-state index contributed by atoms with van der Waals surface area (Å²) in [7, 11) is 0. The van der Waals surface area contributed by atoms with Gasteiger partial charge >= 0.3 is 0 Å². The third-order valence-electron chi connectivity index (χ3n) is 3.42. The second-order valence-corrected chi connectivity index (χ2v) is 6.02. The fraction of sp³-hybridized carbons (Fsp3) is 0.667. The largest absolute Gasteiger partial charge is 0.375 e. The topological polar surface area (TPSA) is 59.2 Å². The lowest BCUT2D eigenvalue weighted by Crippen LogP contribution is -2.41. The van der Waals surface area contributed by atoms with Gasteiger partial charge in [-0.15, -0.1) is 0 Å². The number of nitrogens with zero attached hydrogens (tertiary/aromatic N) is 2. The Kier molecular flexibility index (Phi) is 3.66. The van der Waals surface area contributed by atoms with Crippen molar-refractivity contribution in [1.82, 2.24) is 9.88 Å². The van der Waals surface area contributed by atoms with Gasteiger partial charge in [-0.2, -0.15) is 0 Å². The molecule has 1 saturated heterocycles. The standard InChI is InChI=1S/C12H19N3OS/c1-8(2)9-4-3-5-15(7-9)11(16)10-6-14-12(13)17-10/h6,8-9H,3-5,7H2,1-2H3,(H2,13,14). The predicted octanol–water partition coefficient (Wildman–Crippen LogP) is 2.23. The summed E-state index contributed by atoms with van der Waals surface area (Å²) in [6.45, 7) is 6.18. The van der Waals surface area contributed by atoms with E-state index in [4.69, 9.17) is 5.73 Å². The van der Waals surface area contributed by atoms with Crippen molar-refractivity contribution in [2.45, 2.75) is 26.7 Å². The minimum atomic E-state index is 0.0875. The molecule has 0 saturated carbocycles. The Morgan fingerprint density at radius 2 is 2.41 bits per heavy atom. The number of nitrogen functional groups attached to an aromatic ring is 1. The van der Waals surface area contributed by atoms with Gasteiger partial charge in [-0.1, -0.05) is 25.2 Å². The van der Waals surface area contributed by atoms with Gasteiger partial charge in [0, 0.05) is 13.1 Å². The highest BCUT2D eigenvalue weighted by Crippen LogP contribution is 2.25. The van der Waals surface area contributed by atoms with Gasteiger partial charge in [0.05, 0.1) is 6.20 Å². The molecule has 1 aromatic heterocycles. The molecule has 1 aliphatic heterocycles. The molecule has 1 aliphatic rings. The molecule has 2 rings (SSSR count). The number of amides is 1. The fourth-order valence-corrected chi connectivity index (χ4v) is 2.93. The molecule has 0 aliphatic carbocycles. The van der Waals surface area contributed by atoms with Crippen molar-refractivity contribution in [1.29, 1.82) is 0 Å². The number of anilines is 1. The zero-order chi connectivity index (χ0) is 12.4. The Labute approximate surface area is 106 Å². The maximum absolute atomic E-state index is 12.2. The molecule has 0 aromatic carbocycles. The van der Waals surface area contributed by atoms with Gasteiger partial charge in [-0.25, -0.2) is 4.98 Å². The molecule has 1 aromatic rings. The smallest absolute Gasteiger partial charge is 0.265 e. The normalized spacial score (nSPS) is 20.9. The van der Waals surface area contributed by atoms with Crippen molar-refractivity contribution in [3.05, 3.63) is 11.1 Å². The van der Waals surface area contributed by atoms with Crippen LogP contribution in [0.4, 0.5) is 5.13 Å². The van der Waals surface area contributed by atoms with Crippen LogP contribution in [0.2, 0.25) is 0 Å². The highest BCUT2D eigenvalue weighted by Gasteiger charge is 2.26. The van der Waals surface area contributed by atoms with E-state index in [1.54, 1.807) is 6.20 Å². The number of likely N-dealkylation sites (tertiary alicyclic amines) is 1. The number of hydrogen-bond donors (Lipinski definition) is 1. The Morgan fingerprint density at radius 1 is 1.65 bits per heavy atom. The molecule has 1 atom stereocenters. The van der Waals surface area contributed by atoms with E-state index in [-0.39, 0.29) is 5.91 Å². The van der Waals surface area contributed by atoms with Crippen LogP contribution in [0, 0.1) is 11.8 Å². The number of aromatic nitrogens is 1. The first-order valence-electron chi connectivity index (χ1n) is 6.08. The van der Waals surface area contributed by atoms with Gasteiger partial charge in [0.15, 0.2) is 5.13 Å². The molecule has 2 heterocycles. The first-order valence-corrected chi connectivity index (χ1v) is 6.90. The number of carbonyl (C=O) groups excluding carboxylic acids is 1. The average molecular weight is 253 g/mol. The van der Waals surface area contributed by atoms with E-state index in [9.17, 15) is 4.79 Å². The van der Waals surface area contributed by atoms with Crippen LogP contribution in [-0.4, -0.2) is 28.9 Å². The first-order chi connectivity index (χ1) is 8.08. The van der Waals surface area contributed by atoms with Crippen LogP contribution in [0.3, 0.4) is 0 Å². The Bertz CT molecular complexity index is 402. The van der Waals surface area contributed by atoms with Crippen LogP contribution < -0.4 is 5.73 Å². The summed E-state index contributed by atoms with van der Waals surface area (Å²) < 4.78 is 0. The lowest BCUT2D eigenvalue weighted by Gasteiger charge is -2.34. The van der Waals surface area contributed by atoms with E-state index in [1.165, 1.54) is 17.8 Å². The summed E-state index contributed by atoms with van der Waals surface area (Å²) in [5.74, 6) is 1.35. The monoisotopic (exact) mass is 253 g/mol. The maximum Gasteiger partial charge on any atom is 0.265 e. The minimum Gasteiger partial charge on any atom is -0.375 e. The summed E-state index contributed by atoms with van der Waals surface area (Å²) in [6.07, 6.45) is 3.91. The maximum atomic E-state index is 12.2. The molecule has 1 amide bonds. The highest BCUT2D eigenvalue weighted by molar-refractivity contribution is 7.17. The Hall–Kier alpha value is -1.10. The van der Waals surface area contributed by atoms with Gasteiger partial charge in [0.1, 0.15) is 4.88 Å². The number of carbonyl (C=O) groups is 1. The van der Waals surface area contributed by atoms with Gasteiger partial charge < -0.3 is 10.6 Å². The number of rotatable bonds is 2. The second kappa shape index (κ2) is 5.04. The SMILES string of the molecule is CC(C)C1CCCN(C(=O)c2cnc(N)s2)C1. The average Bonchev–Trinajstić information content (AvgIpc) is 2.75. The van der Waals surface area contributed by atoms with E-state index < -0.39 is 0 Å². The fourth-order valence-electron chi connectivity index (χ4n) is 2.28. The van der Waals surface area contributed by atoms with Crippen LogP contribution in [0.1, 0.15) is 36.4 Å². The third-order valence-corrected chi connectivity index (χ3v) is 4.24. The summed E-state index contributed by atoms with van der Waals surface area (Å²) in [5, 5.41) is 0.464. The minimum absolute atomic E-state index is 0.0875. The van der Waals surface area contributed by atoms with Crippen molar-refractivity contribution in [3.8, 4) is 0 Å². The Morgan fingerprint density at radius 3 is 3.00 bits per heavy atom. The van der Waals surface area contributed by atoms with Crippen LogP contribution >= 0.6 is 11.3 Å². The van der Waals surface area contributed by atoms with E-state index in [1.807, 2.05) is 4.90 Å². The summed E-state index contributed by atoms with van der Waals surface area (Å²) in [6, 6.07) is 0. The van der Waals surface area contributed by atoms with Crippen LogP contribution in [0.5, 0.6) is 0 Å². The lowest BCUT2D eigenvalue weighted by molar-refractivity contribution is 0.0646. The molecule has 4 nitrogen and oxygen atoms in total. The van der Waals surface area contributed by atoms with E-state index in [2.05, 4.69) is 18.8 Å². The van der Waals surface area contributed by atoms with Gasteiger partial charge in [-0.3, -0.25) is 4.79 Å². The molecular weight excluding hydrogens is 234 g/mol. The predicted molar refractivity (Wildman–Crippen MR) is 70.0 cm³/mol. The molecule has 17 heavy (non-hydrogen) atoms. The Balaban J connectivity index is 2.04. The molecule has 0 spiro atoms. The second-order valence-electron chi connectivity index (χ2n) is 4.96. The van der Waals surface area contributed by atoms with Crippen molar-refractivity contribution in [2.75, 3.05) is 18.8 Å². The van der Waals surface area contributed by atoms with Gasteiger partial charge in [-0.05, 0) is 24.7 Å². The lowest BCUT2D eigenvalue weighted by atomic mass is 9.88. The van der Waals surface area contributed by atoms with E-state index >= 15 is 0 Å². The number of nitrogens with two attached hydrogens (primary N) is 1. The van der Waals surface area contributed by atoms with E-state index in [0.29, 0.717) is 21.8 Å². The van der Waals surface area contributed by atoms with E-state index in [0.717, 1.165) is 19.5 Å². The molecule has 94 valence electrons. The zero-order valence-electron chi connectivity index (χ0n) is 10.3. The molecule has 1 fully saturated rings. The number of thiazole rings is 1.